The van der Waals surface area contributed by atoms with E-state index < -0.39 is 18.5 Å². The molecule has 1 N–H and O–H groups in total. The van der Waals surface area contributed by atoms with E-state index >= 15 is 0 Å². The SMILES string of the molecule is Cc1nc(CSc2ccccc2C(=O)OCC(=O)Nc2cc(Cl)ccc2Cl)cs1. The highest BCUT2D eigenvalue weighted by molar-refractivity contribution is 7.98. The van der Waals surface area contributed by atoms with Gasteiger partial charge < -0.3 is 10.1 Å². The number of amides is 1. The van der Waals surface area contributed by atoms with E-state index in [1.54, 1.807) is 35.6 Å². The number of ether oxygens (including phenoxy) is 1. The summed E-state index contributed by atoms with van der Waals surface area (Å²) in [5.41, 5.74) is 1.71. The van der Waals surface area contributed by atoms with Gasteiger partial charge in [0.1, 0.15) is 0 Å². The van der Waals surface area contributed by atoms with Crippen molar-refractivity contribution in [2.75, 3.05) is 11.9 Å². The Hall–Kier alpha value is -2.06. The van der Waals surface area contributed by atoms with Gasteiger partial charge >= 0.3 is 5.97 Å². The summed E-state index contributed by atoms with van der Waals surface area (Å²) in [6.07, 6.45) is 0. The first-order valence-electron chi connectivity index (χ1n) is 8.47. The maximum atomic E-state index is 12.5. The molecule has 9 heteroatoms. The Morgan fingerprint density at radius 2 is 2.00 bits per heavy atom. The minimum absolute atomic E-state index is 0.341. The van der Waals surface area contributed by atoms with Gasteiger partial charge in [-0.2, -0.15) is 0 Å². The number of benzene rings is 2. The molecule has 150 valence electrons. The summed E-state index contributed by atoms with van der Waals surface area (Å²) < 4.78 is 5.18. The topological polar surface area (TPSA) is 68.3 Å². The molecule has 0 saturated carbocycles. The van der Waals surface area contributed by atoms with Gasteiger partial charge in [0, 0.05) is 21.1 Å². The minimum atomic E-state index is -0.574. The number of rotatable bonds is 7. The first kappa shape index (κ1) is 21.6. The molecule has 1 amide bonds. The lowest BCUT2D eigenvalue weighted by molar-refractivity contribution is -0.119. The molecular weight excluding hydrogens is 451 g/mol. The third kappa shape index (κ3) is 6.21. The number of aromatic nitrogens is 1. The lowest BCUT2D eigenvalue weighted by Gasteiger charge is -2.10. The number of halogens is 2. The predicted molar refractivity (Wildman–Crippen MR) is 118 cm³/mol. The van der Waals surface area contributed by atoms with Gasteiger partial charge in [-0.15, -0.1) is 23.1 Å². The highest BCUT2D eigenvalue weighted by atomic mass is 35.5. The molecule has 1 heterocycles. The van der Waals surface area contributed by atoms with Crippen LogP contribution in [-0.4, -0.2) is 23.5 Å². The van der Waals surface area contributed by atoms with Crippen LogP contribution in [0.3, 0.4) is 0 Å². The van der Waals surface area contributed by atoms with Crippen molar-refractivity contribution < 1.29 is 14.3 Å². The summed E-state index contributed by atoms with van der Waals surface area (Å²) in [5.74, 6) is -0.442. The highest BCUT2D eigenvalue weighted by Crippen LogP contribution is 2.28. The number of carbonyl (C=O) groups is 2. The molecule has 0 aliphatic rings. The zero-order valence-electron chi connectivity index (χ0n) is 15.3. The van der Waals surface area contributed by atoms with Gasteiger partial charge in [0.05, 0.1) is 27.0 Å². The smallest absolute Gasteiger partial charge is 0.339 e. The largest absolute Gasteiger partial charge is 0.452 e. The fourth-order valence-corrected chi connectivity index (χ4v) is 4.36. The van der Waals surface area contributed by atoms with Gasteiger partial charge in [0.2, 0.25) is 0 Å². The van der Waals surface area contributed by atoms with E-state index in [4.69, 9.17) is 27.9 Å². The zero-order valence-corrected chi connectivity index (χ0v) is 18.4. The number of nitrogens with one attached hydrogen (secondary N) is 1. The highest BCUT2D eigenvalue weighted by Gasteiger charge is 2.16. The molecule has 3 rings (SSSR count). The van der Waals surface area contributed by atoms with Crippen molar-refractivity contribution in [2.45, 2.75) is 17.6 Å². The van der Waals surface area contributed by atoms with Crippen LogP contribution in [0.15, 0.2) is 52.7 Å². The number of carbonyl (C=O) groups excluding carboxylic acids is 2. The van der Waals surface area contributed by atoms with Crippen molar-refractivity contribution in [3.8, 4) is 0 Å². The molecule has 0 fully saturated rings. The molecule has 0 radical (unpaired) electrons. The monoisotopic (exact) mass is 466 g/mol. The van der Waals surface area contributed by atoms with Gasteiger partial charge in [-0.05, 0) is 37.3 Å². The molecule has 5 nitrogen and oxygen atoms in total. The molecule has 0 aliphatic heterocycles. The van der Waals surface area contributed by atoms with Gasteiger partial charge in [0.25, 0.3) is 5.91 Å². The quantitative estimate of drug-likeness (QED) is 0.349. The number of esters is 1. The van der Waals surface area contributed by atoms with Crippen molar-refractivity contribution in [1.29, 1.82) is 0 Å². The van der Waals surface area contributed by atoms with Crippen molar-refractivity contribution in [3.63, 3.8) is 0 Å². The molecule has 0 unspecified atom stereocenters. The molecule has 0 spiro atoms. The van der Waals surface area contributed by atoms with E-state index in [0.29, 0.717) is 27.0 Å². The van der Waals surface area contributed by atoms with E-state index in [-0.39, 0.29) is 0 Å². The summed E-state index contributed by atoms with van der Waals surface area (Å²) in [5, 5.41) is 6.34. The number of nitrogens with zero attached hydrogens (tertiary/aromatic N) is 1. The van der Waals surface area contributed by atoms with Crippen LogP contribution < -0.4 is 5.32 Å². The number of thioether (sulfide) groups is 1. The second kappa shape index (κ2) is 10.1. The lowest BCUT2D eigenvalue weighted by Crippen LogP contribution is -2.21. The van der Waals surface area contributed by atoms with E-state index in [0.717, 1.165) is 15.6 Å². The third-order valence-corrected chi connectivity index (χ3v) is 6.18. The summed E-state index contributed by atoms with van der Waals surface area (Å²) in [6.45, 7) is 1.51. The van der Waals surface area contributed by atoms with E-state index in [1.807, 2.05) is 24.4 Å². The first-order chi connectivity index (χ1) is 13.9. The second-order valence-electron chi connectivity index (χ2n) is 5.89. The number of thiazole rings is 1. The molecular formula is C20H16Cl2N2O3S2. The van der Waals surface area contributed by atoms with Gasteiger partial charge in [-0.1, -0.05) is 35.3 Å². The van der Waals surface area contributed by atoms with Crippen LogP contribution in [0.25, 0.3) is 0 Å². The van der Waals surface area contributed by atoms with Crippen LogP contribution in [0, 0.1) is 6.92 Å². The summed E-state index contributed by atoms with van der Waals surface area (Å²) in [6, 6.07) is 11.8. The Morgan fingerprint density at radius 3 is 2.76 bits per heavy atom. The molecule has 2 aromatic carbocycles. The first-order valence-corrected chi connectivity index (χ1v) is 11.1. The van der Waals surface area contributed by atoms with Crippen LogP contribution >= 0.6 is 46.3 Å². The molecule has 0 saturated heterocycles. The Balaban J connectivity index is 1.59. The zero-order chi connectivity index (χ0) is 20.8. The van der Waals surface area contributed by atoms with Crippen molar-refractivity contribution in [1.82, 2.24) is 4.98 Å². The molecule has 3 aromatic rings. The van der Waals surface area contributed by atoms with E-state index in [9.17, 15) is 9.59 Å². The third-order valence-electron chi connectivity index (χ3n) is 3.69. The van der Waals surface area contributed by atoms with Crippen LogP contribution in [0.5, 0.6) is 0 Å². The standard InChI is InChI=1S/C20H16Cl2N2O3S2/c1-12-23-14(10-28-12)11-29-18-5-3-2-4-15(18)20(26)27-9-19(25)24-17-8-13(21)6-7-16(17)22/h2-8,10H,9,11H2,1H3,(H,24,25). The predicted octanol–water partition coefficient (Wildman–Crippen LogP) is 5.85. The lowest BCUT2D eigenvalue weighted by atomic mass is 10.2. The van der Waals surface area contributed by atoms with Gasteiger partial charge in [0.15, 0.2) is 6.61 Å². The van der Waals surface area contributed by atoms with Crippen molar-refractivity contribution in [2.24, 2.45) is 0 Å². The number of hydrogen-bond donors (Lipinski definition) is 1. The van der Waals surface area contributed by atoms with Gasteiger partial charge in [-0.3, -0.25) is 4.79 Å². The van der Waals surface area contributed by atoms with E-state index in [1.165, 1.54) is 17.8 Å². The normalized spacial score (nSPS) is 10.6. The van der Waals surface area contributed by atoms with Crippen molar-refractivity contribution in [3.05, 3.63) is 74.2 Å². The average Bonchev–Trinajstić information content (AvgIpc) is 3.13. The second-order valence-corrected chi connectivity index (χ2v) is 8.81. The van der Waals surface area contributed by atoms with Crippen LogP contribution in [0.4, 0.5) is 5.69 Å². The Bertz CT molecular complexity index is 1040. The molecule has 0 bridgehead atoms. The summed E-state index contributed by atoms with van der Waals surface area (Å²) in [4.78, 5) is 29.8. The molecule has 0 atom stereocenters. The van der Waals surface area contributed by atoms with E-state index in [2.05, 4.69) is 10.3 Å². The van der Waals surface area contributed by atoms with Crippen LogP contribution in [-0.2, 0) is 15.3 Å². The Morgan fingerprint density at radius 1 is 1.21 bits per heavy atom. The number of hydrogen-bond acceptors (Lipinski definition) is 6. The van der Waals surface area contributed by atoms with Gasteiger partial charge in [-0.25, -0.2) is 9.78 Å². The fourth-order valence-electron chi connectivity index (χ4n) is 2.38. The summed E-state index contributed by atoms with van der Waals surface area (Å²) >= 11 is 15.0. The van der Waals surface area contributed by atoms with Crippen LogP contribution in [0.2, 0.25) is 10.0 Å². The fraction of sp³-hybridized carbons (Fsp3) is 0.150. The minimum Gasteiger partial charge on any atom is -0.452 e. The summed E-state index contributed by atoms with van der Waals surface area (Å²) in [7, 11) is 0. The average molecular weight is 467 g/mol. The molecule has 29 heavy (non-hydrogen) atoms. The molecule has 0 aliphatic carbocycles. The molecule has 1 aromatic heterocycles. The maximum Gasteiger partial charge on any atom is 0.339 e. The number of aryl methyl sites for hydroxylation is 1. The number of anilines is 1. The Labute approximate surface area is 186 Å². The Kier molecular flexibility index (Phi) is 7.55. The maximum absolute atomic E-state index is 12.5. The van der Waals surface area contributed by atoms with Crippen LogP contribution in [0.1, 0.15) is 21.1 Å². The van der Waals surface area contributed by atoms with Crippen molar-refractivity contribution >= 4 is 63.9 Å².